The minimum absolute atomic E-state index is 0.0219. The van der Waals surface area contributed by atoms with Crippen LogP contribution in [0.1, 0.15) is 17.2 Å². The molecule has 0 spiro atoms. The first-order valence-electron chi connectivity index (χ1n) is 6.84. The summed E-state index contributed by atoms with van der Waals surface area (Å²) in [6.07, 6.45) is 0.794. The van der Waals surface area contributed by atoms with E-state index in [4.69, 9.17) is 5.73 Å². The predicted octanol–water partition coefficient (Wildman–Crippen LogP) is -0.0375. The fraction of sp³-hybridized carbons (Fsp3) is 0.500. The van der Waals surface area contributed by atoms with Crippen LogP contribution in [0.25, 0.3) is 0 Å². The summed E-state index contributed by atoms with van der Waals surface area (Å²) in [6, 6.07) is 7.13. The third-order valence-electron chi connectivity index (χ3n) is 3.85. The molecule has 2 N–H and O–H groups in total. The van der Waals surface area contributed by atoms with E-state index in [0.717, 1.165) is 17.5 Å². The van der Waals surface area contributed by atoms with Gasteiger partial charge in [0.2, 0.25) is 15.9 Å². The molecule has 0 saturated carbocycles. The summed E-state index contributed by atoms with van der Waals surface area (Å²) >= 11 is 0. The van der Waals surface area contributed by atoms with Crippen molar-refractivity contribution in [1.29, 1.82) is 0 Å². The van der Waals surface area contributed by atoms with Gasteiger partial charge in [0.25, 0.3) is 0 Å². The SMILES string of the molecule is CN(C)S(=O)(=O)CCN1CCc2ccccc2C1C(N)=O. The highest BCUT2D eigenvalue weighted by atomic mass is 32.2. The van der Waals surface area contributed by atoms with Crippen LogP contribution in [0.4, 0.5) is 0 Å². The summed E-state index contributed by atoms with van der Waals surface area (Å²) in [5.41, 5.74) is 7.52. The van der Waals surface area contributed by atoms with E-state index in [-0.39, 0.29) is 5.75 Å². The van der Waals surface area contributed by atoms with Gasteiger partial charge in [0.1, 0.15) is 6.04 Å². The maximum absolute atomic E-state index is 11.9. The lowest BCUT2D eigenvalue weighted by molar-refractivity contribution is -0.123. The lowest BCUT2D eigenvalue weighted by Gasteiger charge is -2.35. The van der Waals surface area contributed by atoms with Gasteiger partial charge < -0.3 is 5.73 Å². The molecule has 1 amide bonds. The van der Waals surface area contributed by atoms with Crippen molar-refractivity contribution in [3.8, 4) is 0 Å². The van der Waals surface area contributed by atoms with Gasteiger partial charge in [-0.05, 0) is 17.5 Å². The molecule has 0 bridgehead atoms. The van der Waals surface area contributed by atoms with Gasteiger partial charge in [0, 0.05) is 27.2 Å². The van der Waals surface area contributed by atoms with Gasteiger partial charge in [0.15, 0.2) is 0 Å². The van der Waals surface area contributed by atoms with E-state index in [9.17, 15) is 13.2 Å². The molecule has 6 nitrogen and oxygen atoms in total. The fourth-order valence-corrected chi connectivity index (χ4v) is 3.44. The number of carbonyl (C=O) groups excluding carboxylic acids is 1. The number of primary amides is 1. The fourth-order valence-electron chi connectivity index (χ4n) is 2.61. The van der Waals surface area contributed by atoms with E-state index < -0.39 is 22.0 Å². The Kier molecular flexibility index (Phi) is 4.65. The van der Waals surface area contributed by atoms with Crippen molar-refractivity contribution in [1.82, 2.24) is 9.21 Å². The molecule has 1 aromatic carbocycles. The first-order valence-corrected chi connectivity index (χ1v) is 8.45. The molecule has 7 heteroatoms. The Hall–Kier alpha value is -1.44. The third-order valence-corrected chi connectivity index (χ3v) is 5.66. The van der Waals surface area contributed by atoms with Crippen LogP contribution in [0.3, 0.4) is 0 Å². The van der Waals surface area contributed by atoms with E-state index in [0.29, 0.717) is 13.1 Å². The minimum Gasteiger partial charge on any atom is -0.368 e. The summed E-state index contributed by atoms with van der Waals surface area (Å²) in [5.74, 6) is -0.462. The normalized spacial score (nSPS) is 19.5. The summed E-state index contributed by atoms with van der Waals surface area (Å²) in [7, 11) is -0.272. The molecule has 21 heavy (non-hydrogen) atoms. The molecule has 2 rings (SSSR count). The number of carbonyl (C=O) groups is 1. The maximum atomic E-state index is 11.9. The number of rotatable bonds is 5. The van der Waals surface area contributed by atoms with Crippen molar-refractivity contribution in [3.63, 3.8) is 0 Å². The van der Waals surface area contributed by atoms with Gasteiger partial charge in [-0.3, -0.25) is 9.69 Å². The molecule has 0 radical (unpaired) electrons. The molecule has 1 atom stereocenters. The topological polar surface area (TPSA) is 83.7 Å². The zero-order valence-electron chi connectivity index (χ0n) is 12.3. The van der Waals surface area contributed by atoms with Crippen molar-refractivity contribution in [2.75, 3.05) is 32.9 Å². The standard InChI is InChI=1S/C14H21N3O3S/c1-16(2)21(19,20)10-9-17-8-7-11-5-3-4-6-12(11)13(17)14(15)18/h3-6,13H,7-10H2,1-2H3,(H2,15,18). The molecular formula is C14H21N3O3S. The summed E-state index contributed by atoms with van der Waals surface area (Å²) in [6.45, 7) is 0.927. The average molecular weight is 311 g/mol. The molecule has 1 aliphatic rings. The smallest absolute Gasteiger partial charge is 0.239 e. The number of sulfonamides is 1. The zero-order valence-corrected chi connectivity index (χ0v) is 13.1. The number of benzene rings is 1. The Morgan fingerprint density at radius 1 is 1.38 bits per heavy atom. The summed E-state index contributed by atoms with van der Waals surface area (Å²) in [4.78, 5) is 13.7. The van der Waals surface area contributed by atoms with Gasteiger partial charge in [0.05, 0.1) is 5.75 Å². The number of nitrogens with zero attached hydrogens (tertiary/aromatic N) is 2. The zero-order chi connectivity index (χ0) is 15.6. The lowest BCUT2D eigenvalue weighted by atomic mass is 9.92. The van der Waals surface area contributed by atoms with Crippen LogP contribution in [0.5, 0.6) is 0 Å². The quantitative estimate of drug-likeness (QED) is 0.827. The van der Waals surface area contributed by atoms with Crippen LogP contribution in [0.15, 0.2) is 24.3 Å². The Labute approximate surface area is 125 Å². The highest BCUT2D eigenvalue weighted by Crippen LogP contribution is 2.29. The highest BCUT2D eigenvalue weighted by Gasteiger charge is 2.32. The minimum atomic E-state index is -3.28. The van der Waals surface area contributed by atoms with E-state index in [1.165, 1.54) is 18.4 Å². The summed E-state index contributed by atoms with van der Waals surface area (Å²) in [5, 5.41) is 0. The first-order chi connectivity index (χ1) is 9.83. The molecule has 0 fully saturated rings. The third kappa shape index (κ3) is 3.42. The van der Waals surface area contributed by atoms with Gasteiger partial charge in [-0.25, -0.2) is 12.7 Å². The second-order valence-electron chi connectivity index (χ2n) is 5.39. The monoisotopic (exact) mass is 311 g/mol. The van der Waals surface area contributed by atoms with E-state index in [1.54, 1.807) is 0 Å². The maximum Gasteiger partial charge on any atom is 0.239 e. The predicted molar refractivity (Wildman–Crippen MR) is 81.1 cm³/mol. The van der Waals surface area contributed by atoms with Gasteiger partial charge >= 0.3 is 0 Å². The highest BCUT2D eigenvalue weighted by molar-refractivity contribution is 7.89. The Morgan fingerprint density at radius 2 is 2.05 bits per heavy atom. The van der Waals surface area contributed by atoms with Crippen LogP contribution >= 0.6 is 0 Å². The summed E-state index contributed by atoms with van der Waals surface area (Å²) < 4.78 is 25.0. The van der Waals surface area contributed by atoms with Crippen LogP contribution in [0.2, 0.25) is 0 Å². The largest absolute Gasteiger partial charge is 0.368 e. The van der Waals surface area contributed by atoms with Crippen LogP contribution < -0.4 is 5.73 Å². The molecule has 0 saturated heterocycles. The average Bonchev–Trinajstić information content (AvgIpc) is 2.43. The van der Waals surface area contributed by atoms with Crippen LogP contribution in [0, 0.1) is 0 Å². The van der Waals surface area contributed by atoms with Crippen molar-refractivity contribution in [3.05, 3.63) is 35.4 Å². The molecule has 1 unspecified atom stereocenters. The van der Waals surface area contributed by atoms with E-state index >= 15 is 0 Å². The molecular weight excluding hydrogens is 290 g/mol. The Bertz CT molecular complexity index is 628. The van der Waals surface area contributed by atoms with Crippen LogP contribution in [-0.2, 0) is 21.2 Å². The molecule has 1 aliphatic heterocycles. The lowest BCUT2D eigenvalue weighted by Crippen LogP contribution is -2.45. The Balaban J connectivity index is 2.20. The Morgan fingerprint density at radius 3 is 2.67 bits per heavy atom. The van der Waals surface area contributed by atoms with Crippen molar-refractivity contribution < 1.29 is 13.2 Å². The first kappa shape index (κ1) is 15.9. The molecule has 116 valence electrons. The van der Waals surface area contributed by atoms with Crippen LogP contribution in [-0.4, -0.2) is 56.5 Å². The number of amides is 1. The number of hydrogen-bond donors (Lipinski definition) is 1. The van der Waals surface area contributed by atoms with Gasteiger partial charge in [-0.15, -0.1) is 0 Å². The second-order valence-corrected chi connectivity index (χ2v) is 7.69. The molecule has 1 heterocycles. The van der Waals surface area contributed by atoms with Crippen molar-refractivity contribution >= 4 is 15.9 Å². The van der Waals surface area contributed by atoms with Crippen molar-refractivity contribution in [2.45, 2.75) is 12.5 Å². The van der Waals surface area contributed by atoms with Gasteiger partial charge in [-0.2, -0.15) is 0 Å². The molecule has 0 aliphatic carbocycles. The number of fused-ring (bicyclic) bond motifs is 1. The molecule has 1 aromatic rings. The second kappa shape index (κ2) is 6.13. The molecule has 0 aromatic heterocycles. The van der Waals surface area contributed by atoms with Crippen molar-refractivity contribution in [2.24, 2.45) is 5.73 Å². The van der Waals surface area contributed by atoms with E-state index in [1.807, 2.05) is 29.2 Å². The van der Waals surface area contributed by atoms with E-state index in [2.05, 4.69) is 0 Å². The number of nitrogens with two attached hydrogens (primary N) is 1. The number of hydrogen-bond acceptors (Lipinski definition) is 4. The van der Waals surface area contributed by atoms with Gasteiger partial charge in [-0.1, -0.05) is 24.3 Å².